The highest BCUT2D eigenvalue weighted by Crippen LogP contribution is 2.00. The molecule has 0 saturated heterocycles. The summed E-state index contributed by atoms with van der Waals surface area (Å²) in [5.74, 6) is 0.563. The van der Waals surface area contributed by atoms with Crippen LogP contribution in [0.1, 0.15) is 32.1 Å². The van der Waals surface area contributed by atoms with Crippen molar-refractivity contribution in [3.05, 3.63) is 35.9 Å². The van der Waals surface area contributed by atoms with E-state index in [1.54, 1.807) is 0 Å². The minimum atomic E-state index is 0. The fraction of sp³-hybridized carbons (Fsp3) is 0.417. The van der Waals surface area contributed by atoms with Crippen molar-refractivity contribution in [1.29, 1.82) is 0 Å². The molecule has 1 rings (SSSR count). The Hall–Kier alpha value is -1.31. The Morgan fingerprint density at radius 1 is 1.43 bits per heavy atom. The summed E-state index contributed by atoms with van der Waals surface area (Å²) in [6.45, 7) is 5.01. The molecule has 1 aromatic rings. The van der Waals surface area contributed by atoms with Gasteiger partial charge in [0.2, 0.25) is 0 Å². The fourth-order valence-electron chi connectivity index (χ4n) is 1.10. The number of hydrogen-bond acceptors (Lipinski definition) is 1. The number of nitrogens with one attached hydrogen (secondary N) is 1. The number of hydrogen-bond donors (Lipinski definition) is 1. The first-order valence-electron chi connectivity index (χ1n) is 5.07. The molecule has 0 fully saturated rings. The van der Waals surface area contributed by atoms with Gasteiger partial charge in [0.15, 0.2) is 0 Å². The summed E-state index contributed by atoms with van der Waals surface area (Å²) in [7, 11) is 0. The van der Waals surface area contributed by atoms with Crippen LogP contribution in [0.4, 0.5) is 0 Å². The van der Waals surface area contributed by atoms with Crippen molar-refractivity contribution < 1.29 is 6.22 Å². The Morgan fingerprint density at radius 3 is 2.64 bits per heavy atom. The lowest BCUT2D eigenvalue weighted by molar-refractivity contribution is 0.0948. The molecular formula is C12H19NO. The molecule has 0 spiro atoms. The molecule has 1 N–H and O–H groups in total. The zero-order valence-corrected chi connectivity index (χ0v) is 8.79. The Kier molecular flexibility index (Phi) is 4.17. The van der Waals surface area contributed by atoms with E-state index in [-0.39, 0.29) is 7.33 Å². The van der Waals surface area contributed by atoms with Crippen LogP contribution in [0.5, 0.6) is 0 Å². The maximum atomic E-state index is 11.6. The zero-order valence-electron chi connectivity index (χ0n) is 8.79. The summed E-state index contributed by atoms with van der Waals surface area (Å²) in [6, 6.07) is 9.31. The molecule has 0 radical (unpaired) electrons. The van der Waals surface area contributed by atoms with Crippen LogP contribution in [0.3, 0.4) is 0 Å². The third-order valence-electron chi connectivity index (χ3n) is 2.34. The van der Waals surface area contributed by atoms with Crippen LogP contribution in [0.25, 0.3) is 0 Å². The minimum absolute atomic E-state index is 0. The number of carbonyl (C=O) groups is 1. The van der Waals surface area contributed by atoms with Crippen molar-refractivity contribution >= 4 is 5.91 Å². The molecule has 0 heterocycles. The summed E-state index contributed by atoms with van der Waals surface area (Å²) in [6.07, 6.45) is 1.09. The van der Waals surface area contributed by atoms with Gasteiger partial charge in [-0.2, -0.15) is 0 Å². The van der Waals surface area contributed by atoms with E-state index in [1.165, 1.54) is 0 Å². The average Bonchev–Trinajstić information content (AvgIpc) is 2.26. The third kappa shape index (κ3) is 3.21. The smallest absolute Gasteiger partial charge is 0.251 e. The number of benzene rings is 1. The van der Waals surface area contributed by atoms with E-state index in [1.807, 2.05) is 30.3 Å². The molecule has 2 heteroatoms. The first-order chi connectivity index (χ1) is 6.74. The SMILES string of the molecule is CCC(C)CNC(=O)c1ccccc1.[HH]. The molecule has 0 aromatic heterocycles. The predicted octanol–water partition coefficient (Wildman–Crippen LogP) is 2.71. The van der Waals surface area contributed by atoms with Gasteiger partial charge < -0.3 is 5.32 Å². The monoisotopic (exact) mass is 193 g/mol. The molecule has 1 amide bonds. The molecule has 0 aliphatic rings. The number of rotatable bonds is 4. The van der Waals surface area contributed by atoms with Crippen LogP contribution in [0, 0.1) is 5.92 Å². The number of amides is 1. The van der Waals surface area contributed by atoms with E-state index >= 15 is 0 Å². The Bertz CT molecular complexity index is 287. The summed E-state index contributed by atoms with van der Waals surface area (Å²) in [5.41, 5.74) is 0.732. The first-order valence-corrected chi connectivity index (χ1v) is 5.07. The molecule has 0 bridgehead atoms. The van der Waals surface area contributed by atoms with Crippen molar-refractivity contribution in [2.24, 2.45) is 5.92 Å². The fourth-order valence-corrected chi connectivity index (χ4v) is 1.10. The van der Waals surface area contributed by atoms with Gasteiger partial charge in [0.1, 0.15) is 0 Å². The largest absolute Gasteiger partial charge is 0.352 e. The van der Waals surface area contributed by atoms with Gasteiger partial charge in [-0.1, -0.05) is 38.5 Å². The van der Waals surface area contributed by atoms with Gasteiger partial charge in [-0.25, -0.2) is 0 Å². The average molecular weight is 193 g/mol. The molecule has 2 nitrogen and oxygen atoms in total. The van der Waals surface area contributed by atoms with Gasteiger partial charge in [0.25, 0.3) is 5.91 Å². The van der Waals surface area contributed by atoms with E-state index in [0.29, 0.717) is 5.92 Å². The topological polar surface area (TPSA) is 29.1 Å². The van der Waals surface area contributed by atoms with Gasteiger partial charge >= 0.3 is 0 Å². The Balaban J connectivity index is 0.00000196. The van der Waals surface area contributed by atoms with Gasteiger partial charge in [-0.3, -0.25) is 4.79 Å². The van der Waals surface area contributed by atoms with Crippen molar-refractivity contribution in [2.45, 2.75) is 20.3 Å². The molecule has 14 heavy (non-hydrogen) atoms. The zero-order chi connectivity index (χ0) is 10.4. The van der Waals surface area contributed by atoms with Crippen molar-refractivity contribution in [3.63, 3.8) is 0 Å². The minimum Gasteiger partial charge on any atom is -0.352 e. The van der Waals surface area contributed by atoms with Crippen LogP contribution in [-0.2, 0) is 0 Å². The molecule has 1 atom stereocenters. The molecule has 0 aliphatic heterocycles. The van der Waals surface area contributed by atoms with Crippen LogP contribution in [0.15, 0.2) is 30.3 Å². The quantitative estimate of drug-likeness (QED) is 0.782. The predicted molar refractivity (Wildman–Crippen MR) is 60.3 cm³/mol. The second-order valence-electron chi connectivity index (χ2n) is 3.59. The van der Waals surface area contributed by atoms with E-state index in [4.69, 9.17) is 0 Å². The summed E-state index contributed by atoms with van der Waals surface area (Å²) >= 11 is 0. The van der Waals surface area contributed by atoms with Gasteiger partial charge in [-0.15, -0.1) is 0 Å². The maximum Gasteiger partial charge on any atom is 0.251 e. The summed E-state index contributed by atoms with van der Waals surface area (Å²) in [4.78, 5) is 11.6. The molecular weight excluding hydrogens is 174 g/mol. The second-order valence-corrected chi connectivity index (χ2v) is 3.59. The lowest BCUT2D eigenvalue weighted by Gasteiger charge is -2.09. The van der Waals surface area contributed by atoms with E-state index < -0.39 is 0 Å². The Morgan fingerprint density at radius 2 is 2.07 bits per heavy atom. The van der Waals surface area contributed by atoms with Crippen molar-refractivity contribution in [1.82, 2.24) is 5.32 Å². The molecule has 1 aromatic carbocycles. The standard InChI is InChI=1S/C12H17NO.H2/c1-3-10(2)9-13-12(14)11-7-5-4-6-8-11;/h4-8,10H,3,9H2,1-2H3,(H,13,14);1H. The lowest BCUT2D eigenvalue weighted by Crippen LogP contribution is -2.27. The lowest BCUT2D eigenvalue weighted by atomic mass is 10.1. The highest BCUT2D eigenvalue weighted by molar-refractivity contribution is 5.94. The summed E-state index contributed by atoms with van der Waals surface area (Å²) in [5, 5.41) is 2.91. The highest BCUT2D eigenvalue weighted by atomic mass is 16.1. The molecule has 1 unspecified atom stereocenters. The van der Waals surface area contributed by atoms with E-state index in [2.05, 4.69) is 19.2 Å². The first kappa shape index (κ1) is 10.8. The summed E-state index contributed by atoms with van der Waals surface area (Å²) < 4.78 is 0. The van der Waals surface area contributed by atoms with Gasteiger partial charge in [0.05, 0.1) is 0 Å². The van der Waals surface area contributed by atoms with Crippen LogP contribution >= 0.6 is 0 Å². The third-order valence-corrected chi connectivity index (χ3v) is 2.34. The molecule has 78 valence electrons. The van der Waals surface area contributed by atoms with Gasteiger partial charge in [-0.05, 0) is 18.1 Å². The number of carbonyl (C=O) groups excluding carboxylic acids is 1. The van der Waals surface area contributed by atoms with E-state index in [9.17, 15) is 4.79 Å². The maximum absolute atomic E-state index is 11.6. The van der Waals surface area contributed by atoms with Crippen LogP contribution in [0.2, 0.25) is 0 Å². The second kappa shape index (κ2) is 5.43. The normalized spacial score (nSPS) is 12.1. The Labute approximate surface area is 86.8 Å². The molecule has 0 saturated carbocycles. The van der Waals surface area contributed by atoms with E-state index in [0.717, 1.165) is 18.5 Å². The van der Waals surface area contributed by atoms with Gasteiger partial charge in [0, 0.05) is 13.5 Å². The van der Waals surface area contributed by atoms with Crippen LogP contribution < -0.4 is 5.32 Å². The van der Waals surface area contributed by atoms with Crippen LogP contribution in [-0.4, -0.2) is 12.5 Å². The molecule has 0 aliphatic carbocycles. The van der Waals surface area contributed by atoms with Crippen molar-refractivity contribution in [3.8, 4) is 0 Å². The highest BCUT2D eigenvalue weighted by Gasteiger charge is 2.05. The van der Waals surface area contributed by atoms with Crippen molar-refractivity contribution in [2.75, 3.05) is 6.54 Å².